The number of ether oxygens (including phenoxy) is 1. The van der Waals surface area contributed by atoms with Crippen LogP contribution < -0.4 is 4.90 Å². The molecule has 1 aromatic heterocycles. The lowest BCUT2D eigenvalue weighted by Gasteiger charge is -2.15. The van der Waals surface area contributed by atoms with Gasteiger partial charge in [-0.25, -0.2) is 4.98 Å². The number of anilines is 1. The van der Waals surface area contributed by atoms with Crippen molar-refractivity contribution < 1.29 is 9.53 Å². The first-order valence-electron chi connectivity index (χ1n) is 6.20. The molecule has 1 aliphatic heterocycles. The monoisotopic (exact) mass is 258 g/mol. The number of para-hydroxylation sites is 1. The molecule has 1 unspecified atom stereocenters. The second-order valence-corrected chi connectivity index (χ2v) is 4.56. The average molecular weight is 258 g/mol. The fourth-order valence-corrected chi connectivity index (χ4v) is 2.31. The maximum atomic E-state index is 11.5. The Morgan fingerprint density at radius 2 is 2.11 bits per heavy atom. The van der Waals surface area contributed by atoms with E-state index in [0.29, 0.717) is 12.5 Å². The van der Waals surface area contributed by atoms with E-state index in [9.17, 15) is 4.79 Å². The van der Waals surface area contributed by atoms with Crippen LogP contribution in [0.4, 0.5) is 5.95 Å². The number of carbonyl (C=O) groups is 1. The van der Waals surface area contributed by atoms with Crippen LogP contribution in [0.1, 0.15) is 6.42 Å². The summed E-state index contributed by atoms with van der Waals surface area (Å²) < 4.78 is 4.77. The van der Waals surface area contributed by atoms with Crippen molar-refractivity contribution in [2.45, 2.75) is 6.42 Å². The quantitative estimate of drug-likeness (QED) is 0.749. The number of carbonyl (C=O) groups excluding carboxylic acids is 1. The van der Waals surface area contributed by atoms with Gasteiger partial charge in [0, 0.05) is 13.1 Å². The van der Waals surface area contributed by atoms with E-state index in [1.165, 1.54) is 7.11 Å². The van der Waals surface area contributed by atoms with E-state index in [1.807, 2.05) is 29.2 Å². The van der Waals surface area contributed by atoms with Gasteiger partial charge in [-0.05, 0) is 18.6 Å². The van der Waals surface area contributed by atoms with Gasteiger partial charge in [-0.3, -0.25) is 4.79 Å². The first-order valence-corrected chi connectivity index (χ1v) is 6.20. The largest absolute Gasteiger partial charge is 0.469 e. The number of esters is 1. The number of hydrogen-bond donors (Lipinski definition) is 0. The first kappa shape index (κ1) is 11.8. The molecule has 1 atom stereocenters. The molecular formula is C13H14N4O2. The predicted octanol–water partition coefficient (Wildman–Crippen LogP) is 1.02. The third kappa shape index (κ3) is 2.21. The molecule has 3 rings (SSSR count). The molecule has 0 amide bonds. The van der Waals surface area contributed by atoms with Gasteiger partial charge in [-0.15, -0.1) is 10.2 Å². The number of benzene rings is 1. The Morgan fingerprint density at radius 3 is 2.89 bits per heavy atom. The van der Waals surface area contributed by atoms with Crippen molar-refractivity contribution >= 4 is 23.0 Å². The molecule has 1 aromatic carbocycles. The Morgan fingerprint density at radius 1 is 1.32 bits per heavy atom. The van der Waals surface area contributed by atoms with E-state index in [1.54, 1.807) is 0 Å². The summed E-state index contributed by atoms with van der Waals surface area (Å²) in [7, 11) is 1.42. The normalized spacial score (nSPS) is 18.8. The zero-order valence-electron chi connectivity index (χ0n) is 10.6. The summed E-state index contributed by atoms with van der Waals surface area (Å²) in [4.78, 5) is 17.9. The van der Waals surface area contributed by atoms with Crippen LogP contribution in [0.15, 0.2) is 24.3 Å². The van der Waals surface area contributed by atoms with Gasteiger partial charge in [-0.2, -0.15) is 0 Å². The summed E-state index contributed by atoms with van der Waals surface area (Å²) >= 11 is 0. The van der Waals surface area contributed by atoms with Gasteiger partial charge < -0.3 is 9.64 Å². The Balaban J connectivity index is 1.83. The molecule has 2 heterocycles. The number of aromatic nitrogens is 3. The Hall–Kier alpha value is -2.24. The highest BCUT2D eigenvalue weighted by atomic mass is 16.5. The van der Waals surface area contributed by atoms with Crippen molar-refractivity contribution in [3.05, 3.63) is 24.3 Å². The molecule has 2 aromatic rings. The summed E-state index contributed by atoms with van der Waals surface area (Å²) in [5.74, 6) is 0.307. The van der Waals surface area contributed by atoms with E-state index < -0.39 is 0 Å². The maximum Gasteiger partial charge on any atom is 0.310 e. The van der Waals surface area contributed by atoms with Gasteiger partial charge in [0.25, 0.3) is 0 Å². The van der Waals surface area contributed by atoms with Crippen LogP contribution in [0, 0.1) is 5.92 Å². The standard InChI is InChI=1S/C13H14N4O2/c1-19-12(18)9-6-7-17(8-9)13-14-10-4-2-3-5-11(10)15-16-13/h2-5,9H,6-8H2,1H3. The lowest BCUT2D eigenvalue weighted by molar-refractivity contribution is -0.144. The second kappa shape index (κ2) is 4.79. The molecule has 0 spiro atoms. The number of hydrogen-bond acceptors (Lipinski definition) is 6. The summed E-state index contributed by atoms with van der Waals surface area (Å²) in [6.07, 6.45) is 0.767. The van der Waals surface area contributed by atoms with Crippen molar-refractivity contribution in [1.29, 1.82) is 0 Å². The van der Waals surface area contributed by atoms with E-state index in [-0.39, 0.29) is 11.9 Å². The summed E-state index contributed by atoms with van der Waals surface area (Å²) in [5.41, 5.74) is 1.59. The zero-order valence-corrected chi connectivity index (χ0v) is 10.6. The number of rotatable bonds is 2. The Bertz CT molecular complexity index is 616. The van der Waals surface area contributed by atoms with Gasteiger partial charge in [0.15, 0.2) is 0 Å². The molecule has 98 valence electrons. The molecule has 6 heteroatoms. The molecule has 0 radical (unpaired) electrons. The molecule has 1 saturated heterocycles. The van der Waals surface area contributed by atoms with E-state index in [2.05, 4.69) is 15.2 Å². The van der Waals surface area contributed by atoms with Crippen LogP contribution in [0.5, 0.6) is 0 Å². The molecule has 19 heavy (non-hydrogen) atoms. The molecular weight excluding hydrogens is 244 g/mol. The van der Waals surface area contributed by atoms with Crippen molar-refractivity contribution in [1.82, 2.24) is 15.2 Å². The number of methoxy groups -OCH3 is 1. The minimum absolute atomic E-state index is 0.0972. The van der Waals surface area contributed by atoms with Crippen LogP contribution in [0.2, 0.25) is 0 Å². The van der Waals surface area contributed by atoms with Crippen molar-refractivity contribution in [2.75, 3.05) is 25.1 Å². The van der Waals surface area contributed by atoms with Gasteiger partial charge in [0.2, 0.25) is 5.95 Å². The van der Waals surface area contributed by atoms with Crippen LogP contribution in [-0.2, 0) is 9.53 Å². The van der Waals surface area contributed by atoms with Crippen LogP contribution in [0.3, 0.4) is 0 Å². The molecule has 0 bridgehead atoms. The fourth-order valence-electron chi connectivity index (χ4n) is 2.31. The molecule has 0 saturated carbocycles. The highest BCUT2D eigenvalue weighted by Crippen LogP contribution is 2.22. The zero-order chi connectivity index (χ0) is 13.2. The average Bonchev–Trinajstić information content (AvgIpc) is 2.95. The fraction of sp³-hybridized carbons (Fsp3) is 0.385. The molecule has 1 aliphatic rings. The molecule has 0 aliphatic carbocycles. The van der Waals surface area contributed by atoms with E-state index in [0.717, 1.165) is 24.0 Å². The number of nitrogens with zero attached hydrogens (tertiary/aromatic N) is 4. The Labute approximate surface area is 110 Å². The maximum absolute atomic E-state index is 11.5. The predicted molar refractivity (Wildman–Crippen MR) is 69.7 cm³/mol. The first-order chi connectivity index (χ1) is 9.28. The van der Waals surface area contributed by atoms with Gasteiger partial charge in [-0.1, -0.05) is 12.1 Å². The summed E-state index contributed by atoms with van der Waals surface area (Å²) in [6, 6.07) is 7.60. The van der Waals surface area contributed by atoms with Crippen molar-refractivity contribution in [2.24, 2.45) is 5.92 Å². The lowest BCUT2D eigenvalue weighted by Crippen LogP contribution is -2.25. The third-order valence-corrected chi connectivity index (χ3v) is 3.35. The topological polar surface area (TPSA) is 68.2 Å². The van der Waals surface area contributed by atoms with Crippen LogP contribution >= 0.6 is 0 Å². The summed E-state index contributed by atoms with van der Waals surface area (Å²) in [6.45, 7) is 1.34. The minimum atomic E-state index is -0.170. The van der Waals surface area contributed by atoms with Gasteiger partial charge in [0.05, 0.1) is 18.5 Å². The van der Waals surface area contributed by atoms with E-state index >= 15 is 0 Å². The van der Waals surface area contributed by atoms with Gasteiger partial charge in [0.1, 0.15) is 5.52 Å². The smallest absolute Gasteiger partial charge is 0.310 e. The van der Waals surface area contributed by atoms with Crippen LogP contribution in [-0.4, -0.2) is 41.3 Å². The second-order valence-electron chi connectivity index (χ2n) is 4.56. The highest BCUT2D eigenvalue weighted by molar-refractivity contribution is 5.75. The third-order valence-electron chi connectivity index (χ3n) is 3.35. The van der Waals surface area contributed by atoms with Gasteiger partial charge >= 0.3 is 5.97 Å². The Kier molecular flexibility index (Phi) is 2.98. The minimum Gasteiger partial charge on any atom is -0.469 e. The van der Waals surface area contributed by atoms with Crippen molar-refractivity contribution in [3.63, 3.8) is 0 Å². The lowest BCUT2D eigenvalue weighted by atomic mass is 10.1. The SMILES string of the molecule is COC(=O)C1CCN(c2nnc3ccccc3n2)C1. The van der Waals surface area contributed by atoms with Crippen molar-refractivity contribution in [3.8, 4) is 0 Å². The molecule has 1 fully saturated rings. The summed E-state index contributed by atoms with van der Waals surface area (Å²) in [5, 5.41) is 8.27. The van der Waals surface area contributed by atoms with E-state index in [4.69, 9.17) is 4.74 Å². The number of fused-ring (bicyclic) bond motifs is 1. The molecule has 6 nitrogen and oxygen atoms in total. The highest BCUT2D eigenvalue weighted by Gasteiger charge is 2.30. The molecule has 0 N–H and O–H groups in total. The van der Waals surface area contributed by atoms with Crippen LogP contribution in [0.25, 0.3) is 11.0 Å².